The van der Waals surface area contributed by atoms with Crippen LogP contribution in [-0.2, 0) is 33.3 Å². The number of carbonyl (C=O) groups excluding carboxylic acids is 2. The lowest BCUT2D eigenvalue weighted by molar-refractivity contribution is 0.0220. The van der Waals surface area contributed by atoms with Gasteiger partial charge in [0.05, 0.1) is 0 Å². The second-order valence-corrected chi connectivity index (χ2v) is 6.42. The first-order chi connectivity index (χ1) is 11.1. The summed E-state index contributed by atoms with van der Waals surface area (Å²) in [6, 6.07) is 0. The van der Waals surface area contributed by atoms with Gasteiger partial charge in [0.2, 0.25) is 0 Å². The maximum absolute atomic E-state index is 12.5. The molecule has 2 rings (SSSR count). The van der Waals surface area contributed by atoms with Crippen molar-refractivity contribution in [3.05, 3.63) is 17.2 Å². The summed E-state index contributed by atoms with van der Waals surface area (Å²) in [4.78, 5) is 28.0. The summed E-state index contributed by atoms with van der Waals surface area (Å²) >= 11 is 0. The molecule has 1 aromatic heterocycles. The summed E-state index contributed by atoms with van der Waals surface area (Å²) in [6.07, 6.45) is -0.363. The number of cyclic esters (lactones) is 2. The first kappa shape index (κ1) is 18.3. The summed E-state index contributed by atoms with van der Waals surface area (Å²) in [5.41, 5.74) is -0.816. The van der Waals surface area contributed by atoms with E-state index >= 15 is 0 Å². The Morgan fingerprint density at radius 2 is 2.08 bits per heavy atom. The third-order valence-corrected chi connectivity index (χ3v) is 3.87. The first-order valence-corrected chi connectivity index (χ1v) is 7.98. The Hall–Kier alpha value is -2.09. The molecular weight excluding hydrogens is 316 g/mol. The fraction of sp³-hybridized carbons (Fsp3) is 0.688. The van der Waals surface area contributed by atoms with Crippen LogP contribution in [0.4, 0.5) is 4.79 Å². The van der Waals surface area contributed by atoms with Gasteiger partial charge in [0.15, 0.2) is 11.8 Å². The van der Waals surface area contributed by atoms with Gasteiger partial charge in [-0.2, -0.15) is 0 Å². The lowest BCUT2D eigenvalue weighted by Crippen LogP contribution is -2.28. The molecule has 0 aliphatic carbocycles. The highest BCUT2D eigenvalue weighted by atomic mass is 16.8. The van der Waals surface area contributed by atoms with Crippen LogP contribution in [0.2, 0.25) is 0 Å². The fourth-order valence-corrected chi connectivity index (χ4v) is 2.52. The summed E-state index contributed by atoms with van der Waals surface area (Å²) in [5.74, 6) is 0.0743. The van der Waals surface area contributed by atoms with Gasteiger partial charge in [0.25, 0.3) is 0 Å². The molecule has 134 valence electrons. The van der Waals surface area contributed by atoms with Crippen LogP contribution in [0.1, 0.15) is 56.1 Å². The zero-order valence-electron chi connectivity index (χ0n) is 14.7. The van der Waals surface area contributed by atoms with E-state index in [0.717, 1.165) is 6.42 Å². The average molecular weight is 340 g/mol. The molecule has 1 fully saturated rings. The highest BCUT2D eigenvalue weighted by Gasteiger charge is 2.36. The second-order valence-electron chi connectivity index (χ2n) is 6.42. The zero-order chi connectivity index (χ0) is 18.1. The molecule has 1 N–H and O–H groups in total. The number of ether oxygens (including phenoxy) is 3. The number of aromatic nitrogens is 2. The predicted molar refractivity (Wildman–Crippen MR) is 83.5 cm³/mol. The Kier molecular flexibility index (Phi) is 5.17. The Morgan fingerprint density at radius 1 is 1.42 bits per heavy atom. The topological polar surface area (TPSA) is 99.9 Å². The van der Waals surface area contributed by atoms with Crippen molar-refractivity contribution in [3.8, 4) is 0 Å². The number of nitrogens with zero attached hydrogens (tertiary/aromatic N) is 2. The standard InChI is InChI=1S/C16H24N2O6/c1-6-7-11-17-13(16(3,4)21)12(18(11)5)14(19)22-8-10-9(2)23-15(20)24-10/h9-10,21H,6-8H2,1-5H3. The molecule has 0 saturated carbocycles. The largest absolute Gasteiger partial charge is 0.509 e. The molecule has 1 aliphatic heterocycles. The van der Waals surface area contributed by atoms with Crippen LogP contribution in [0.3, 0.4) is 0 Å². The van der Waals surface area contributed by atoms with Crippen LogP contribution >= 0.6 is 0 Å². The average Bonchev–Trinajstić information content (AvgIpc) is 2.97. The molecular formula is C16H24N2O6. The number of hydrogen-bond acceptors (Lipinski definition) is 7. The predicted octanol–water partition coefficient (Wildman–Crippen LogP) is 1.68. The summed E-state index contributed by atoms with van der Waals surface area (Å²) < 4.78 is 16.7. The van der Waals surface area contributed by atoms with Crippen molar-refractivity contribution < 1.29 is 28.9 Å². The van der Waals surface area contributed by atoms with Gasteiger partial charge in [-0.3, -0.25) is 0 Å². The second kappa shape index (κ2) is 6.80. The van der Waals surface area contributed by atoms with Gasteiger partial charge >= 0.3 is 12.1 Å². The van der Waals surface area contributed by atoms with Crippen LogP contribution < -0.4 is 0 Å². The molecule has 2 unspecified atom stereocenters. The maximum atomic E-state index is 12.5. The van der Waals surface area contributed by atoms with Gasteiger partial charge in [0.1, 0.15) is 29.8 Å². The molecule has 0 amide bonds. The van der Waals surface area contributed by atoms with Crippen LogP contribution in [0.25, 0.3) is 0 Å². The van der Waals surface area contributed by atoms with Crippen molar-refractivity contribution in [2.24, 2.45) is 7.05 Å². The molecule has 1 saturated heterocycles. The van der Waals surface area contributed by atoms with E-state index in [1.54, 1.807) is 32.4 Å². The number of aliphatic hydroxyl groups is 1. The summed E-state index contributed by atoms with van der Waals surface area (Å²) in [5, 5.41) is 10.3. The molecule has 0 spiro atoms. The highest BCUT2D eigenvalue weighted by molar-refractivity contribution is 5.89. The normalized spacial score (nSPS) is 20.7. The van der Waals surface area contributed by atoms with E-state index in [1.807, 2.05) is 6.92 Å². The lowest BCUT2D eigenvalue weighted by Gasteiger charge is -2.17. The molecule has 1 aromatic rings. The Morgan fingerprint density at radius 3 is 2.58 bits per heavy atom. The minimum atomic E-state index is -1.28. The summed E-state index contributed by atoms with van der Waals surface area (Å²) in [6.45, 7) is 6.68. The molecule has 2 heterocycles. The van der Waals surface area contributed by atoms with E-state index < -0.39 is 29.9 Å². The van der Waals surface area contributed by atoms with Crippen molar-refractivity contribution >= 4 is 12.1 Å². The Balaban J connectivity index is 2.20. The number of esters is 1. The van der Waals surface area contributed by atoms with Crippen LogP contribution in [0.15, 0.2) is 0 Å². The van der Waals surface area contributed by atoms with Gasteiger partial charge in [-0.05, 0) is 27.2 Å². The minimum Gasteiger partial charge on any atom is -0.457 e. The van der Waals surface area contributed by atoms with Crippen molar-refractivity contribution in [1.29, 1.82) is 0 Å². The van der Waals surface area contributed by atoms with E-state index in [-0.39, 0.29) is 18.0 Å². The van der Waals surface area contributed by atoms with Crippen molar-refractivity contribution in [3.63, 3.8) is 0 Å². The van der Waals surface area contributed by atoms with Gasteiger partial charge in [-0.1, -0.05) is 6.92 Å². The lowest BCUT2D eigenvalue weighted by atomic mass is 10.0. The Bertz CT molecular complexity index is 631. The number of imidazole rings is 1. The summed E-state index contributed by atoms with van der Waals surface area (Å²) in [7, 11) is 1.71. The number of carbonyl (C=O) groups is 2. The quantitative estimate of drug-likeness (QED) is 0.786. The number of rotatable bonds is 6. The van der Waals surface area contributed by atoms with E-state index in [2.05, 4.69) is 4.98 Å². The van der Waals surface area contributed by atoms with Gasteiger partial charge in [-0.15, -0.1) is 0 Å². The number of hydrogen-bond donors (Lipinski definition) is 1. The minimum absolute atomic E-state index is 0.120. The van der Waals surface area contributed by atoms with E-state index in [0.29, 0.717) is 12.2 Å². The fourth-order valence-electron chi connectivity index (χ4n) is 2.52. The molecule has 0 bridgehead atoms. The van der Waals surface area contributed by atoms with Gasteiger partial charge < -0.3 is 23.9 Å². The molecule has 2 atom stereocenters. The third-order valence-electron chi connectivity index (χ3n) is 3.87. The van der Waals surface area contributed by atoms with Gasteiger partial charge in [0, 0.05) is 13.5 Å². The Labute approximate surface area is 140 Å². The third kappa shape index (κ3) is 3.69. The van der Waals surface area contributed by atoms with Crippen molar-refractivity contribution in [2.45, 2.75) is 58.3 Å². The molecule has 24 heavy (non-hydrogen) atoms. The number of aryl methyl sites for hydroxylation is 1. The molecule has 8 nitrogen and oxygen atoms in total. The molecule has 0 radical (unpaired) electrons. The molecule has 0 aromatic carbocycles. The van der Waals surface area contributed by atoms with Crippen LogP contribution in [-0.4, -0.2) is 45.6 Å². The SMILES string of the molecule is CCCc1nc(C(C)(C)O)c(C(=O)OCC2OC(=O)OC2C)n1C. The van der Waals surface area contributed by atoms with Crippen molar-refractivity contribution in [2.75, 3.05) is 6.61 Å². The van der Waals surface area contributed by atoms with Crippen molar-refractivity contribution in [1.82, 2.24) is 9.55 Å². The maximum Gasteiger partial charge on any atom is 0.509 e. The smallest absolute Gasteiger partial charge is 0.457 e. The van der Waals surface area contributed by atoms with E-state index in [9.17, 15) is 14.7 Å². The molecule has 8 heteroatoms. The van der Waals surface area contributed by atoms with Gasteiger partial charge in [-0.25, -0.2) is 14.6 Å². The monoisotopic (exact) mass is 340 g/mol. The first-order valence-electron chi connectivity index (χ1n) is 7.98. The highest BCUT2D eigenvalue weighted by Crippen LogP contribution is 2.25. The van der Waals surface area contributed by atoms with Crippen LogP contribution in [0.5, 0.6) is 0 Å². The zero-order valence-corrected chi connectivity index (χ0v) is 14.7. The molecule has 1 aliphatic rings. The van der Waals surface area contributed by atoms with E-state index in [1.165, 1.54) is 0 Å². The van der Waals surface area contributed by atoms with Crippen LogP contribution in [0, 0.1) is 0 Å². The van der Waals surface area contributed by atoms with E-state index in [4.69, 9.17) is 14.2 Å².